The van der Waals surface area contributed by atoms with Gasteiger partial charge in [-0.25, -0.2) is 0 Å². The highest BCUT2D eigenvalue weighted by Gasteiger charge is 2.52. The predicted molar refractivity (Wildman–Crippen MR) is 196 cm³/mol. The summed E-state index contributed by atoms with van der Waals surface area (Å²) < 4.78 is 26.9. The van der Waals surface area contributed by atoms with Crippen molar-refractivity contribution in [1.29, 1.82) is 0 Å². The quantitative estimate of drug-likeness (QED) is 0.117. The Bertz CT molecular complexity index is 1590. The van der Waals surface area contributed by atoms with Gasteiger partial charge < -0.3 is 62.5 Å². The molecule has 5 atom stereocenters. The number of rotatable bonds is 18. The van der Waals surface area contributed by atoms with Gasteiger partial charge in [0.15, 0.2) is 6.10 Å². The van der Waals surface area contributed by atoms with Crippen molar-refractivity contribution < 1.29 is 62.4 Å². The first-order valence-corrected chi connectivity index (χ1v) is 17.7. The minimum atomic E-state index is -2.01. The van der Waals surface area contributed by atoms with E-state index in [-0.39, 0.29) is 62.9 Å². The number of aliphatic hydroxyl groups is 2. The van der Waals surface area contributed by atoms with Crippen molar-refractivity contribution in [1.82, 2.24) is 4.90 Å². The van der Waals surface area contributed by atoms with E-state index in [0.29, 0.717) is 13.1 Å². The lowest BCUT2D eigenvalue weighted by molar-refractivity contribution is -0.894. The van der Waals surface area contributed by atoms with E-state index in [2.05, 4.69) is 14.1 Å². The molecule has 4 aromatic carbocycles. The van der Waals surface area contributed by atoms with Crippen molar-refractivity contribution in [3.05, 3.63) is 144 Å². The molecule has 1 aliphatic rings. The van der Waals surface area contributed by atoms with Gasteiger partial charge in [0.05, 0.1) is 79.4 Å². The smallest absolute Gasteiger partial charge is 0.254 e. The zero-order chi connectivity index (χ0) is 36.1. The van der Waals surface area contributed by atoms with Crippen molar-refractivity contribution in [2.75, 3.05) is 46.9 Å². The molecule has 0 bridgehead atoms. The van der Waals surface area contributed by atoms with E-state index in [1.807, 2.05) is 126 Å². The average molecular weight is 825 g/mol. The Kier molecular flexibility index (Phi) is 16.2. The Morgan fingerprint density at radius 2 is 1.10 bits per heavy atom. The maximum Gasteiger partial charge on any atom is 0.254 e. The zero-order valence-corrected chi connectivity index (χ0v) is 32.6. The molecule has 5 rings (SSSR count). The van der Waals surface area contributed by atoms with Gasteiger partial charge in [-0.05, 0) is 29.2 Å². The summed E-state index contributed by atoms with van der Waals surface area (Å²) in [5.41, 5.74) is 1.51. The Morgan fingerprint density at radius 1 is 0.692 bits per heavy atom. The van der Waals surface area contributed by atoms with E-state index >= 15 is 0 Å². The lowest BCUT2D eigenvalue weighted by Crippen LogP contribution is -3.00. The number of piperazine rings is 1. The van der Waals surface area contributed by atoms with Gasteiger partial charge in [0.1, 0.15) is 17.8 Å². The summed E-state index contributed by atoms with van der Waals surface area (Å²) >= 11 is 0. The third kappa shape index (κ3) is 11.9. The fourth-order valence-electron chi connectivity index (χ4n) is 6.20. The van der Waals surface area contributed by atoms with E-state index in [1.165, 1.54) is 6.92 Å². The molecule has 1 heterocycles. The molecular formula is C42H53IN2O7. The molecule has 0 saturated carbocycles. The number of hydrogen-bond donors (Lipinski definition) is 2. The monoisotopic (exact) mass is 824 g/mol. The number of hydrogen-bond acceptors (Lipinski definition) is 7. The lowest BCUT2D eigenvalue weighted by atomic mass is 9.85. The van der Waals surface area contributed by atoms with E-state index in [1.54, 1.807) is 0 Å². The molecular weight excluding hydrogens is 771 g/mol. The predicted octanol–water partition coefficient (Wildman–Crippen LogP) is 1.99. The summed E-state index contributed by atoms with van der Waals surface area (Å²) in [5.74, 6) is -0.254. The van der Waals surface area contributed by atoms with Crippen LogP contribution >= 0.6 is 0 Å². The van der Waals surface area contributed by atoms with Crippen LogP contribution in [0.4, 0.5) is 0 Å². The van der Waals surface area contributed by atoms with Crippen LogP contribution in [0.2, 0.25) is 0 Å². The average Bonchev–Trinajstić information content (AvgIpc) is 3.15. The molecule has 0 spiro atoms. The summed E-state index contributed by atoms with van der Waals surface area (Å²) in [4.78, 5) is 16.6. The Labute approximate surface area is 325 Å². The van der Waals surface area contributed by atoms with Gasteiger partial charge in [-0.15, -0.1) is 0 Å². The number of carbonyl (C=O) groups excluding carboxylic acids is 1. The number of likely N-dealkylation sites (N-methyl/N-ethyl adjacent to an activating group) is 1. The molecule has 2 N–H and O–H groups in total. The van der Waals surface area contributed by atoms with Crippen LogP contribution in [-0.2, 0) is 50.2 Å². The van der Waals surface area contributed by atoms with Gasteiger partial charge in [0, 0.05) is 0 Å². The van der Waals surface area contributed by atoms with Crippen LogP contribution < -0.4 is 24.0 Å². The molecule has 1 fully saturated rings. The minimum absolute atomic E-state index is 0. The van der Waals surface area contributed by atoms with Gasteiger partial charge in [-0.1, -0.05) is 121 Å². The van der Waals surface area contributed by atoms with E-state index in [0.717, 1.165) is 39.8 Å². The first-order valence-electron chi connectivity index (χ1n) is 17.7. The van der Waals surface area contributed by atoms with E-state index in [9.17, 15) is 15.0 Å². The first-order chi connectivity index (χ1) is 24.6. The molecule has 1 aliphatic heterocycles. The molecule has 10 heteroatoms. The summed E-state index contributed by atoms with van der Waals surface area (Å²) in [7, 11) is 4.31. The van der Waals surface area contributed by atoms with Crippen LogP contribution in [0.1, 0.15) is 29.2 Å². The largest absolute Gasteiger partial charge is 1.00 e. The summed E-state index contributed by atoms with van der Waals surface area (Å²) in [6.45, 7) is 4.38. The fraction of sp³-hybridized carbons (Fsp3) is 0.405. The summed E-state index contributed by atoms with van der Waals surface area (Å²) in [6, 6.07) is 38.5. The van der Waals surface area contributed by atoms with Gasteiger partial charge in [0.2, 0.25) is 0 Å². The van der Waals surface area contributed by atoms with Crippen LogP contribution in [0.25, 0.3) is 0 Å². The maximum atomic E-state index is 14.7. The van der Waals surface area contributed by atoms with Crippen LogP contribution in [0.15, 0.2) is 121 Å². The number of halogens is 1. The highest BCUT2D eigenvalue weighted by molar-refractivity contribution is 5.82. The fourth-order valence-corrected chi connectivity index (χ4v) is 6.20. The number of quaternary nitrogens is 1. The van der Waals surface area contributed by atoms with Crippen molar-refractivity contribution >= 4 is 5.91 Å². The number of nitrogens with zero attached hydrogens (tertiary/aromatic N) is 2. The molecule has 1 saturated heterocycles. The Hall–Kier alpha value is -3.20. The third-order valence-electron chi connectivity index (χ3n) is 9.59. The normalized spacial score (nSPS) is 17.6. The molecule has 0 radical (unpaired) electrons. The first kappa shape index (κ1) is 41.6. The van der Waals surface area contributed by atoms with Crippen LogP contribution in [0, 0.1) is 0 Å². The van der Waals surface area contributed by atoms with Gasteiger partial charge in [-0.2, -0.15) is 0 Å². The molecule has 280 valence electrons. The number of aliphatic hydroxyl groups excluding tert-OH is 1. The molecule has 5 unspecified atom stereocenters. The maximum absolute atomic E-state index is 14.7. The zero-order valence-electron chi connectivity index (χ0n) is 30.4. The molecule has 9 nitrogen and oxygen atoms in total. The van der Waals surface area contributed by atoms with Crippen molar-refractivity contribution in [2.24, 2.45) is 0 Å². The Balaban J connectivity index is 0.00000605. The highest BCUT2D eigenvalue weighted by Crippen LogP contribution is 2.31. The molecule has 1 amide bonds. The number of ether oxygens (including phenoxy) is 4. The SMILES string of the molecule is CC(O)C(O)(COCc1ccccc1)C(OCc1ccccc1)C(OCc1ccccc1)C(OCc1ccccc1)C(=O)N1CC[N+](C)(C)CC1.[I-]. The minimum Gasteiger partial charge on any atom is -1.00 e. The van der Waals surface area contributed by atoms with E-state index in [4.69, 9.17) is 18.9 Å². The van der Waals surface area contributed by atoms with Gasteiger partial charge in [-0.3, -0.25) is 4.79 Å². The molecule has 4 aromatic rings. The van der Waals surface area contributed by atoms with Crippen LogP contribution in [0.5, 0.6) is 0 Å². The van der Waals surface area contributed by atoms with Gasteiger partial charge in [0.25, 0.3) is 5.91 Å². The Morgan fingerprint density at radius 3 is 1.54 bits per heavy atom. The third-order valence-corrected chi connectivity index (χ3v) is 9.59. The second-order valence-corrected chi connectivity index (χ2v) is 14.0. The van der Waals surface area contributed by atoms with Crippen LogP contribution in [-0.4, -0.2) is 102 Å². The summed E-state index contributed by atoms with van der Waals surface area (Å²) in [5, 5.41) is 24.0. The van der Waals surface area contributed by atoms with Crippen LogP contribution in [0.3, 0.4) is 0 Å². The molecule has 0 aliphatic carbocycles. The number of amides is 1. The summed E-state index contributed by atoms with van der Waals surface area (Å²) in [6.07, 6.45) is -4.95. The van der Waals surface area contributed by atoms with Crippen molar-refractivity contribution in [2.45, 2.75) is 63.4 Å². The highest BCUT2D eigenvalue weighted by atomic mass is 127. The second kappa shape index (κ2) is 20.3. The molecule has 0 aromatic heterocycles. The van der Waals surface area contributed by atoms with Crippen molar-refractivity contribution in [3.8, 4) is 0 Å². The topological polar surface area (TPSA) is 97.7 Å². The van der Waals surface area contributed by atoms with Crippen molar-refractivity contribution in [3.63, 3.8) is 0 Å². The number of carbonyl (C=O) groups is 1. The number of benzene rings is 4. The standard InChI is InChI=1S/C42H53N2O7.HI/c1-33(45)42(47,32-48-28-34-16-8-4-9-17-34)40(51-31-37-22-14-7-15-23-37)38(49-29-35-18-10-5-11-19-35)39(50-30-36-20-12-6-13-21-36)41(46)43-24-26-44(2,3)27-25-43;/h4-23,33,38-40,45,47H,24-32H2,1-3H3;1H/q+1;/p-1. The lowest BCUT2D eigenvalue weighted by Gasteiger charge is -2.45. The molecule has 52 heavy (non-hydrogen) atoms. The van der Waals surface area contributed by atoms with E-state index < -0.39 is 30.0 Å². The van der Waals surface area contributed by atoms with Gasteiger partial charge >= 0.3 is 0 Å². The second-order valence-electron chi connectivity index (χ2n) is 14.0.